The van der Waals surface area contributed by atoms with E-state index in [2.05, 4.69) is 29.4 Å². The summed E-state index contributed by atoms with van der Waals surface area (Å²) in [6.07, 6.45) is 0.899. The number of piperidine rings is 1. The molecule has 0 bridgehead atoms. The molecule has 2 N–H and O–H groups in total. The van der Waals surface area contributed by atoms with Gasteiger partial charge < -0.3 is 15.0 Å². The lowest BCUT2D eigenvalue weighted by Crippen LogP contribution is -2.54. The van der Waals surface area contributed by atoms with Crippen LogP contribution in [-0.4, -0.2) is 44.1 Å². The van der Waals surface area contributed by atoms with Gasteiger partial charge in [0.2, 0.25) is 11.8 Å². The van der Waals surface area contributed by atoms with E-state index in [0.29, 0.717) is 30.7 Å². The van der Waals surface area contributed by atoms with E-state index in [1.54, 1.807) is 7.11 Å². The van der Waals surface area contributed by atoms with Gasteiger partial charge in [-0.15, -0.1) is 0 Å². The summed E-state index contributed by atoms with van der Waals surface area (Å²) in [5.74, 6) is -0.0502. The van der Waals surface area contributed by atoms with E-state index in [1.807, 2.05) is 18.2 Å². The number of imide groups is 1. The number of carbonyl (C=O) groups is 2. The second-order valence-corrected chi connectivity index (χ2v) is 6.80. The Morgan fingerprint density at radius 1 is 1.17 bits per heavy atom. The minimum absolute atomic E-state index is 0.198. The molecule has 6 heteroatoms. The van der Waals surface area contributed by atoms with Gasteiger partial charge in [-0.3, -0.25) is 14.9 Å². The van der Waals surface area contributed by atoms with Crippen molar-refractivity contribution in [1.82, 2.24) is 10.6 Å². The van der Waals surface area contributed by atoms with Gasteiger partial charge in [0.05, 0.1) is 13.0 Å². The highest BCUT2D eigenvalue weighted by molar-refractivity contribution is 6.01. The van der Waals surface area contributed by atoms with Crippen molar-refractivity contribution in [3.8, 4) is 5.75 Å². The monoisotopic (exact) mass is 331 g/mol. The molecule has 130 valence electrons. The van der Waals surface area contributed by atoms with Gasteiger partial charge in [-0.1, -0.05) is 6.07 Å². The quantitative estimate of drug-likeness (QED) is 0.820. The Labute approximate surface area is 142 Å². The minimum atomic E-state index is -0.326. The summed E-state index contributed by atoms with van der Waals surface area (Å²) in [6, 6.07) is 6.87. The Bertz CT molecular complexity index is 636. The maximum absolute atomic E-state index is 12.1. The Hall–Kier alpha value is -2.08. The van der Waals surface area contributed by atoms with Gasteiger partial charge in [-0.2, -0.15) is 0 Å². The molecular weight excluding hydrogens is 306 g/mol. The third-order valence-corrected chi connectivity index (χ3v) is 4.75. The van der Waals surface area contributed by atoms with Gasteiger partial charge in [-0.05, 0) is 26.3 Å². The average molecular weight is 331 g/mol. The molecule has 0 aliphatic carbocycles. The molecule has 2 amide bonds. The molecular formula is C18H25N3O3. The molecule has 3 rings (SSSR count). The second-order valence-electron chi connectivity index (χ2n) is 6.80. The van der Waals surface area contributed by atoms with Crippen molar-refractivity contribution in [3.63, 3.8) is 0 Å². The zero-order chi connectivity index (χ0) is 17.3. The van der Waals surface area contributed by atoms with Gasteiger partial charge in [0.1, 0.15) is 5.75 Å². The molecule has 1 unspecified atom stereocenters. The summed E-state index contributed by atoms with van der Waals surface area (Å²) in [6.45, 7) is 6.23. The summed E-state index contributed by atoms with van der Waals surface area (Å²) in [5.41, 5.74) is 1.95. The SMILES string of the molecule is COc1cc(N2C[C@H](C)N[C@@H](C)C2)ccc1C1CCC(=O)NC1=O. The summed E-state index contributed by atoms with van der Waals surface area (Å²) in [5, 5.41) is 5.94. The van der Waals surface area contributed by atoms with Gasteiger partial charge in [0, 0.05) is 48.9 Å². The first-order chi connectivity index (χ1) is 11.5. The molecule has 24 heavy (non-hydrogen) atoms. The highest BCUT2D eigenvalue weighted by atomic mass is 16.5. The van der Waals surface area contributed by atoms with Crippen molar-refractivity contribution in [2.75, 3.05) is 25.1 Å². The van der Waals surface area contributed by atoms with Crippen molar-refractivity contribution in [3.05, 3.63) is 23.8 Å². The first kappa shape index (κ1) is 16.8. The van der Waals surface area contributed by atoms with E-state index < -0.39 is 0 Å². The normalized spacial score (nSPS) is 27.8. The van der Waals surface area contributed by atoms with Gasteiger partial charge >= 0.3 is 0 Å². The summed E-state index contributed by atoms with van der Waals surface area (Å²) < 4.78 is 5.55. The van der Waals surface area contributed by atoms with E-state index in [1.165, 1.54) is 0 Å². The highest BCUT2D eigenvalue weighted by Crippen LogP contribution is 2.35. The Balaban J connectivity index is 1.85. The third kappa shape index (κ3) is 3.38. The van der Waals surface area contributed by atoms with Crippen LogP contribution < -0.4 is 20.3 Å². The number of nitrogens with one attached hydrogen (secondary N) is 2. The Kier molecular flexibility index (Phi) is 4.76. The van der Waals surface area contributed by atoms with Gasteiger partial charge in [0.25, 0.3) is 0 Å². The van der Waals surface area contributed by atoms with Crippen LogP contribution in [0.1, 0.15) is 38.2 Å². The molecule has 0 radical (unpaired) electrons. The molecule has 1 aromatic carbocycles. The predicted octanol–water partition coefficient (Wildman–Crippen LogP) is 1.40. The first-order valence-corrected chi connectivity index (χ1v) is 8.50. The standard InChI is InChI=1S/C18H25N3O3/c1-11-9-21(10-12(2)19-11)13-4-5-14(16(8-13)24-3)15-6-7-17(22)20-18(15)23/h4-5,8,11-12,15,19H,6-7,9-10H2,1-3H3,(H,20,22,23)/t11-,12-,15?/m0/s1. The van der Waals surface area contributed by atoms with Crippen LogP contribution in [0.3, 0.4) is 0 Å². The van der Waals surface area contributed by atoms with Crippen LogP contribution in [0, 0.1) is 0 Å². The third-order valence-electron chi connectivity index (χ3n) is 4.75. The topological polar surface area (TPSA) is 70.7 Å². The lowest BCUT2D eigenvalue weighted by Gasteiger charge is -2.38. The number of amides is 2. The molecule has 0 saturated carbocycles. The Morgan fingerprint density at radius 3 is 2.50 bits per heavy atom. The Morgan fingerprint density at radius 2 is 1.88 bits per heavy atom. The summed E-state index contributed by atoms with van der Waals surface area (Å²) in [4.78, 5) is 25.8. The number of hydrogen-bond acceptors (Lipinski definition) is 5. The van der Waals surface area contributed by atoms with Crippen molar-refractivity contribution in [2.24, 2.45) is 0 Å². The number of piperazine rings is 1. The number of ether oxygens (including phenoxy) is 1. The number of benzene rings is 1. The molecule has 2 aliphatic rings. The minimum Gasteiger partial charge on any atom is -0.496 e. The molecule has 2 fully saturated rings. The highest BCUT2D eigenvalue weighted by Gasteiger charge is 2.30. The van der Waals surface area contributed by atoms with Crippen LogP contribution in [0.2, 0.25) is 0 Å². The number of nitrogens with zero attached hydrogens (tertiary/aromatic N) is 1. The molecule has 1 aromatic rings. The molecule has 2 aliphatic heterocycles. The van der Waals surface area contributed by atoms with Crippen molar-refractivity contribution in [1.29, 1.82) is 0 Å². The fourth-order valence-corrected chi connectivity index (χ4v) is 3.71. The number of carbonyl (C=O) groups excluding carboxylic acids is 2. The summed E-state index contributed by atoms with van der Waals surface area (Å²) in [7, 11) is 1.62. The lowest BCUT2D eigenvalue weighted by molar-refractivity contribution is -0.134. The van der Waals surface area contributed by atoms with E-state index >= 15 is 0 Å². The smallest absolute Gasteiger partial charge is 0.234 e. The average Bonchev–Trinajstić information content (AvgIpc) is 2.53. The summed E-state index contributed by atoms with van der Waals surface area (Å²) >= 11 is 0. The van der Waals surface area contributed by atoms with E-state index in [-0.39, 0.29) is 17.7 Å². The zero-order valence-corrected chi connectivity index (χ0v) is 14.5. The zero-order valence-electron chi connectivity index (χ0n) is 14.5. The van der Waals surface area contributed by atoms with Crippen molar-refractivity contribution >= 4 is 17.5 Å². The van der Waals surface area contributed by atoms with Crippen molar-refractivity contribution in [2.45, 2.75) is 44.7 Å². The predicted molar refractivity (Wildman–Crippen MR) is 92.4 cm³/mol. The lowest BCUT2D eigenvalue weighted by atomic mass is 9.89. The first-order valence-electron chi connectivity index (χ1n) is 8.50. The maximum Gasteiger partial charge on any atom is 0.234 e. The van der Waals surface area contributed by atoms with Gasteiger partial charge in [0.15, 0.2) is 0 Å². The molecule has 0 aromatic heterocycles. The van der Waals surface area contributed by atoms with Crippen LogP contribution in [0.15, 0.2) is 18.2 Å². The second kappa shape index (κ2) is 6.81. The number of anilines is 1. The van der Waals surface area contributed by atoms with Gasteiger partial charge in [-0.25, -0.2) is 0 Å². The maximum atomic E-state index is 12.1. The fraction of sp³-hybridized carbons (Fsp3) is 0.556. The molecule has 6 nitrogen and oxygen atoms in total. The van der Waals surface area contributed by atoms with Crippen LogP contribution in [0.5, 0.6) is 5.75 Å². The molecule has 3 atom stereocenters. The van der Waals surface area contributed by atoms with E-state index in [0.717, 1.165) is 24.3 Å². The van der Waals surface area contributed by atoms with Crippen molar-refractivity contribution < 1.29 is 14.3 Å². The van der Waals surface area contributed by atoms with E-state index in [4.69, 9.17) is 4.74 Å². The largest absolute Gasteiger partial charge is 0.496 e. The van der Waals surface area contributed by atoms with Crippen LogP contribution >= 0.6 is 0 Å². The molecule has 2 heterocycles. The van der Waals surface area contributed by atoms with Crippen LogP contribution in [-0.2, 0) is 9.59 Å². The number of rotatable bonds is 3. The molecule has 0 spiro atoms. The van der Waals surface area contributed by atoms with E-state index in [9.17, 15) is 9.59 Å². The number of hydrogen-bond donors (Lipinski definition) is 2. The fourth-order valence-electron chi connectivity index (χ4n) is 3.71. The number of methoxy groups -OCH3 is 1. The molecule has 2 saturated heterocycles. The van der Waals surface area contributed by atoms with Crippen LogP contribution in [0.25, 0.3) is 0 Å². The van der Waals surface area contributed by atoms with Crippen LogP contribution in [0.4, 0.5) is 5.69 Å².